The number of benzene rings is 2. The molecule has 0 bridgehead atoms. The second-order valence-electron chi connectivity index (χ2n) is 5.30. The van der Waals surface area contributed by atoms with E-state index in [0.29, 0.717) is 22.6 Å². The fraction of sp³-hybridized carbons (Fsp3) is 0.188. The lowest BCUT2D eigenvalue weighted by atomic mass is 10.0. The van der Waals surface area contributed by atoms with E-state index in [1.54, 1.807) is 36.4 Å². The van der Waals surface area contributed by atoms with Crippen LogP contribution < -0.4 is 5.32 Å². The summed E-state index contributed by atoms with van der Waals surface area (Å²) >= 11 is 11.9. The maximum absolute atomic E-state index is 12.4. The van der Waals surface area contributed by atoms with E-state index in [0.717, 1.165) is 0 Å². The highest BCUT2D eigenvalue weighted by molar-refractivity contribution is 7.91. The van der Waals surface area contributed by atoms with Gasteiger partial charge in [0.1, 0.15) is 0 Å². The third-order valence-corrected chi connectivity index (χ3v) is 6.15. The Bertz CT molecular complexity index is 881. The lowest BCUT2D eigenvalue weighted by Gasteiger charge is -2.26. The lowest BCUT2D eigenvalue weighted by molar-refractivity contribution is 0.0934. The van der Waals surface area contributed by atoms with Crippen LogP contribution in [0.3, 0.4) is 0 Å². The summed E-state index contributed by atoms with van der Waals surface area (Å²) in [4.78, 5) is 12.7. The number of hydrogen-bond acceptors (Lipinski definition) is 3. The Morgan fingerprint density at radius 2 is 1.87 bits per heavy atom. The zero-order valence-corrected chi connectivity index (χ0v) is 14.3. The third kappa shape index (κ3) is 3.22. The molecule has 1 unspecified atom stereocenters. The van der Waals surface area contributed by atoms with E-state index < -0.39 is 9.84 Å². The third-order valence-electron chi connectivity index (χ3n) is 3.79. The van der Waals surface area contributed by atoms with E-state index in [2.05, 4.69) is 5.32 Å². The molecule has 0 aliphatic carbocycles. The van der Waals surface area contributed by atoms with Crippen LogP contribution in [0.5, 0.6) is 0 Å². The van der Waals surface area contributed by atoms with Gasteiger partial charge in [0.25, 0.3) is 5.91 Å². The molecule has 120 valence electrons. The molecule has 2 aromatic rings. The highest BCUT2D eigenvalue weighted by Gasteiger charge is 2.31. The zero-order valence-electron chi connectivity index (χ0n) is 11.9. The molecule has 1 amide bonds. The van der Waals surface area contributed by atoms with Crippen molar-refractivity contribution in [2.75, 3.05) is 5.75 Å². The number of sulfone groups is 1. The van der Waals surface area contributed by atoms with Crippen molar-refractivity contribution < 1.29 is 13.2 Å². The second-order valence-corrected chi connectivity index (χ2v) is 8.22. The molecule has 1 atom stereocenters. The number of halogens is 2. The maximum Gasteiger partial charge on any atom is 0.253 e. The predicted octanol–water partition coefficient (Wildman–Crippen LogP) is 3.64. The molecule has 7 heteroatoms. The molecule has 3 rings (SSSR count). The summed E-state index contributed by atoms with van der Waals surface area (Å²) in [5.41, 5.74) is 0.916. The number of nitrogens with one attached hydrogen (secondary N) is 1. The van der Waals surface area contributed by atoms with Crippen LogP contribution in [-0.2, 0) is 9.84 Å². The topological polar surface area (TPSA) is 63.2 Å². The molecule has 0 spiro atoms. The monoisotopic (exact) mass is 369 g/mol. The standard InChI is InChI=1S/C16H13Cl2NO3S/c17-10-5-6-11(13(18)9-10)16(20)19-14-7-8-23(21,22)15-4-2-1-3-12(14)15/h1-6,9,14H,7-8H2,(H,19,20). The van der Waals surface area contributed by atoms with Crippen molar-refractivity contribution in [1.29, 1.82) is 0 Å². The molecule has 1 aliphatic heterocycles. The summed E-state index contributed by atoms with van der Waals surface area (Å²) < 4.78 is 24.2. The van der Waals surface area contributed by atoms with Gasteiger partial charge in [-0.05, 0) is 36.2 Å². The molecule has 2 aromatic carbocycles. The smallest absolute Gasteiger partial charge is 0.253 e. The van der Waals surface area contributed by atoms with Crippen LogP contribution in [0.1, 0.15) is 28.4 Å². The van der Waals surface area contributed by atoms with E-state index in [9.17, 15) is 13.2 Å². The predicted molar refractivity (Wildman–Crippen MR) is 89.8 cm³/mol. The van der Waals surface area contributed by atoms with Crippen LogP contribution in [0.2, 0.25) is 10.0 Å². The van der Waals surface area contributed by atoms with Crippen LogP contribution in [0, 0.1) is 0 Å². The Morgan fingerprint density at radius 1 is 1.13 bits per heavy atom. The Labute approximate surface area is 144 Å². The van der Waals surface area contributed by atoms with Gasteiger partial charge in [0, 0.05) is 5.02 Å². The van der Waals surface area contributed by atoms with Crippen molar-refractivity contribution in [3.63, 3.8) is 0 Å². The Balaban J connectivity index is 1.90. The maximum atomic E-state index is 12.4. The van der Waals surface area contributed by atoms with E-state index >= 15 is 0 Å². The molecular weight excluding hydrogens is 357 g/mol. The minimum Gasteiger partial charge on any atom is -0.345 e. The lowest BCUT2D eigenvalue weighted by Crippen LogP contribution is -2.34. The first-order valence-corrected chi connectivity index (χ1v) is 9.37. The van der Waals surface area contributed by atoms with Gasteiger partial charge in [-0.25, -0.2) is 8.42 Å². The summed E-state index contributed by atoms with van der Waals surface area (Å²) in [6.45, 7) is 0. The van der Waals surface area contributed by atoms with Crippen LogP contribution in [0.15, 0.2) is 47.4 Å². The summed E-state index contributed by atoms with van der Waals surface area (Å²) in [6.07, 6.45) is 0.330. The second kappa shape index (κ2) is 6.15. The summed E-state index contributed by atoms with van der Waals surface area (Å²) in [5, 5.41) is 3.56. The van der Waals surface area contributed by atoms with E-state index in [1.807, 2.05) is 0 Å². The zero-order chi connectivity index (χ0) is 16.6. The first-order chi connectivity index (χ1) is 10.9. The van der Waals surface area contributed by atoms with Crippen LogP contribution >= 0.6 is 23.2 Å². The summed E-state index contributed by atoms with van der Waals surface area (Å²) in [6, 6.07) is 11.0. The normalized spacial score (nSPS) is 19.0. The van der Waals surface area contributed by atoms with Crippen molar-refractivity contribution >= 4 is 38.9 Å². The van der Waals surface area contributed by atoms with Crippen LogP contribution in [0.4, 0.5) is 0 Å². The minimum atomic E-state index is -3.28. The van der Waals surface area contributed by atoms with Gasteiger partial charge >= 0.3 is 0 Å². The highest BCUT2D eigenvalue weighted by Crippen LogP contribution is 2.32. The van der Waals surface area contributed by atoms with Gasteiger partial charge in [0.2, 0.25) is 0 Å². The number of fused-ring (bicyclic) bond motifs is 1. The molecule has 0 saturated carbocycles. The molecule has 4 nitrogen and oxygen atoms in total. The highest BCUT2D eigenvalue weighted by atomic mass is 35.5. The number of amides is 1. The number of carbonyl (C=O) groups excluding carboxylic acids is 1. The molecule has 0 saturated heterocycles. The van der Waals surface area contributed by atoms with Gasteiger partial charge in [-0.2, -0.15) is 0 Å². The number of hydrogen-bond donors (Lipinski definition) is 1. The van der Waals surface area contributed by atoms with Gasteiger partial charge in [0.15, 0.2) is 9.84 Å². The molecule has 0 radical (unpaired) electrons. The fourth-order valence-electron chi connectivity index (χ4n) is 2.65. The van der Waals surface area contributed by atoms with Crippen LogP contribution in [-0.4, -0.2) is 20.1 Å². The molecule has 0 aromatic heterocycles. The van der Waals surface area contributed by atoms with Gasteiger partial charge in [-0.1, -0.05) is 41.4 Å². The largest absolute Gasteiger partial charge is 0.345 e. The van der Waals surface area contributed by atoms with Crippen molar-refractivity contribution in [2.24, 2.45) is 0 Å². The summed E-state index contributed by atoms with van der Waals surface area (Å²) in [5.74, 6) is -0.352. The molecule has 1 aliphatic rings. The fourth-order valence-corrected chi connectivity index (χ4v) is 4.77. The van der Waals surface area contributed by atoms with E-state index in [4.69, 9.17) is 23.2 Å². The molecular formula is C16H13Cl2NO3S. The average molecular weight is 370 g/mol. The molecule has 0 fully saturated rings. The average Bonchev–Trinajstić information content (AvgIpc) is 2.50. The van der Waals surface area contributed by atoms with Gasteiger partial charge in [0.05, 0.1) is 27.3 Å². The summed E-state index contributed by atoms with van der Waals surface area (Å²) in [7, 11) is -3.28. The Morgan fingerprint density at radius 3 is 2.61 bits per heavy atom. The van der Waals surface area contributed by atoms with E-state index in [-0.39, 0.29) is 27.6 Å². The Hall–Kier alpha value is -1.56. The molecule has 1 N–H and O–H groups in total. The van der Waals surface area contributed by atoms with Crippen molar-refractivity contribution in [2.45, 2.75) is 17.4 Å². The van der Waals surface area contributed by atoms with Crippen LogP contribution in [0.25, 0.3) is 0 Å². The van der Waals surface area contributed by atoms with Crippen molar-refractivity contribution in [3.05, 3.63) is 63.6 Å². The quantitative estimate of drug-likeness (QED) is 0.878. The van der Waals surface area contributed by atoms with Crippen molar-refractivity contribution in [1.82, 2.24) is 5.32 Å². The molecule has 1 heterocycles. The minimum absolute atomic E-state index is 0.00328. The number of carbonyl (C=O) groups is 1. The Kier molecular flexibility index (Phi) is 4.36. The van der Waals surface area contributed by atoms with Crippen molar-refractivity contribution in [3.8, 4) is 0 Å². The first kappa shape index (κ1) is 16.3. The van der Waals surface area contributed by atoms with Gasteiger partial charge < -0.3 is 5.32 Å². The van der Waals surface area contributed by atoms with Gasteiger partial charge in [-0.15, -0.1) is 0 Å². The van der Waals surface area contributed by atoms with Gasteiger partial charge in [-0.3, -0.25) is 4.79 Å². The SMILES string of the molecule is O=C(NC1CCS(=O)(=O)c2ccccc21)c1ccc(Cl)cc1Cl. The number of rotatable bonds is 2. The first-order valence-electron chi connectivity index (χ1n) is 6.96. The van der Waals surface area contributed by atoms with E-state index in [1.165, 1.54) is 6.07 Å². The molecule has 23 heavy (non-hydrogen) atoms.